The summed E-state index contributed by atoms with van der Waals surface area (Å²) in [5.41, 5.74) is 1.55. The molecule has 1 N–H and O–H groups in total. The first-order chi connectivity index (χ1) is 8.86. The van der Waals surface area contributed by atoms with Crippen LogP contribution in [0.4, 0.5) is 0 Å². The lowest BCUT2D eigenvalue weighted by Gasteiger charge is -1.92. The van der Waals surface area contributed by atoms with Crippen molar-refractivity contribution in [3.8, 4) is 9.88 Å². The van der Waals surface area contributed by atoms with Crippen LogP contribution in [0, 0.1) is 0 Å². The highest BCUT2D eigenvalue weighted by molar-refractivity contribution is 7.21. The second kappa shape index (κ2) is 5.47. The van der Waals surface area contributed by atoms with Crippen LogP contribution in [0.3, 0.4) is 0 Å². The summed E-state index contributed by atoms with van der Waals surface area (Å²) in [7, 11) is 1.94. The van der Waals surface area contributed by atoms with Crippen molar-refractivity contribution in [3.05, 3.63) is 21.5 Å². The molecule has 1 aliphatic rings. The third-order valence-electron chi connectivity index (χ3n) is 3.25. The summed E-state index contributed by atoms with van der Waals surface area (Å²) in [6.45, 7) is 0.808. The summed E-state index contributed by atoms with van der Waals surface area (Å²) in [6.07, 6.45) is 6.55. The standard InChI is InChI=1S/C13H17N3S2/c1-14-8-12-15-16-13(18-12)11-7-9-5-3-2-4-6-10(9)17-11/h7,14H,2-6,8H2,1H3. The number of aromatic nitrogens is 2. The van der Waals surface area contributed by atoms with Crippen molar-refractivity contribution in [3.63, 3.8) is 0 Å². The molecule has 96 valence electrons. The van der Waals surface area contributed by atoms with E-state index in [0.717, 1.165) is 16.6 Å². The largest absolute Gasteiger partial charge is 0.313 e. The van der Waals surface area contributed by atoms with Gasteiger partial charge in [0.15, 0.2) is 5.01 Å². The van der Waals surface area contributed by atoms with E-state index in [-0.39, 0.29) is 0 Å². The molecule has 0 atom stereocenters. The molecule has 1 aliphatic carbocycles. The molecule has 0 saturated heterocycles. The first-order valence-electron chi connectivity index (χ1n) is 6.46. The van der Waals surface area contributed by atoms with E-state index in [9.17, 15) is 0 Å². The zero-order valence-electron chi connectivity index (χ0n) is 10.5. The summed E-state index contributed by atoms with van der Waals surface area (Å²) >= 11 is 3.63. The maximum absolute atomic E-state index is 4.31. The molecule has 0 aliphatic heterocycles. The Morgan fingerprint density at radius 1 is 1.17 bits per heavy atom. The van der Waals surface area contributed by atoms with E-state index < -0.39 is 0 Å². The Hall–Kier alpha value is -0.780. The van der Waals surface area contributed by atoms with E-state index in [1.807, 2.05) is 18.4 Å². The van der Waals surface area contributed by atoms with Gasteiger partial charge in [-0.3, -0.25) is 0 Å². The topological polar surface area (TPSA) is 37.8 Å². The maximum atomic E-state index is 4.31. The van der Waals surface area contributed by atoms with Crippen molar-refractivity contribution in [1.82, 2.24) is 15.5 Å². The van der Waals surface area contributed by atoms with E-state index in [4.69, 9.17) is 0 Å². The molecule has 0 bridgehead atoms. The van der Waals surface area contributed by atoms with Crippen LogP contribution in [0.2, 0.25) is 0 Å². The molecule has 18 heavy (non-hydrogen) atoms. The van der Waals surface area contributed by atoms with E-state index in [2.05, 4.69) is 21.6 Å². The molecule has 2 aromatic rings. The van der Waals surface area contributed by atoms with Gasteiger partial charge in [0.2, 0.25) is 0 Å². The summed E-state index contributed by atoms with van der Waals surface area (Å²) in [5, 5.41) is 13.8. The third-order valence-corrected chi connectivity index (χ3v) is 5.58. The van der Waals surface area contributed by atoms with Gasteiger partial charge in [-0.2, -0.15) is 0 Å². The maximum Gasteiger partial charge on any atom is 0.157 e. The minimum Gasteiger partial charge on any atom is -0.313 e. The molecule has 3 rings (SSSR count). The van der Waals surface area contributed by atoms with Crippen LogP contribution in [-0.4, -0.2) is 17.2 Å². The molecule has 0 spiro atoms. The van der Waals surface area contributed by atoms with Gasteiger partial charge < -0.3 is 5.32 Å². The molecule has 3 nitrogen and oxygen atoms in total. The molecule has 5 heteroatoms. The molecule has 2 heterocycles. The smallest absolute Gasteiger partial charge is 0.157 e. The zero-order chi connectivity index (χ0) is 12.4. The van der Waals surface area contributed by atoms with Gasteiger partial charge in [-0.05, 0) is 44.4 Å². The van der Waals surface area contributed by atoms with Crippen LogP contribution in [0.15, 0.2) is 6.07 Å². The SMILES string of the molecule is CNCc1nnc(-c2cc3c(s2)CCCCC3)s1. The van der Waals surface area contributed by atoms with Crippen LogP contribution in [0.1, 0.15) is 34.7 Å². The van der Waals surface area contributed by atoms with Crippen LogP contribution >= 0.6 is 22.7 Å². The number of hydrogen-bond acceptors (Lipinski definition) is 5. The van der Waals surface area contributed by atoms with Gasteiger partial charge in [-0.1, -0.05) is 17.8 Å². The Morgan fingerprint density at radius 3 is 2.94 bits per heavy atom. The molecule has 0 saturated carbocycles. The first-order valence-corrected chi connectivity index (χ1v) is 8.09. The predicted molar refractivity (Wildman–Crippen MR) is 77.2 cm³/mol. The molecule has 0 unspecified atom stereocenters. The Morgan fingerprint density at radius 2 is 2.06 bits per heavy atom. The lowest BCUT2D eigenvalue weighted by molar-refractivity contribution is 0.713. The quantitative estimate of drug-likeness (QED) is 0.876. The average Bonchev–Trinajstić information content (AvgIpc) is 2.93. The van der Waals surface area contributed by atoms with Crippen molar-refractivity contribution in [2.45, 2.75) is 38.6 Å². The highest BCUT2D eigenvalue weighted by atomic mass is 32.1. The number of fused-ring (bicyclic) bond motifs is 1. The van der Waals surface area contributed by atoms with Crippen molar-refractivity contribution < 1.29 is 0 Å². The lowest BCUT2D eigenvalue weighted by atomic mass is 10.1. The normalized spacial score (nSPS) is 15.4. The van der Waals surface area contributed by atoms with Crippen LogP contribution in [0.25, 0.3) is 9.88 Å². The third kappa shape index (κ3) is 2.48. The van der Waals surface area contributed by atoms with Gasteiger partial charge in [-0.25, -0.2) is 0 Å². The summed E-state index contributed by atoms with van der Waals surface area (Å²) < 4.78 is 0. The molecule has 0 fully saturated rings. The van der Waals surface area contributed by atoms with Gasteiger partial charge in [0.05, 0.1) is 4.88 Å². The van der Waals surface area contributed by atoms with E-state index in [0.29, 0.717) is 0 Å². The van der Waals surface area contributed by atoms with Gasteiger partial charge in [0, 0.05) is 11.4 Å². The Kier molecular flexibility index (Phi) is 3.72. The monoisotopic (exact) mass is 279 g/mol. The number of thiophene rings is 1. The van der Waals surface area contributed by atoms with Gasteiger partial charge in [0.1, 0.15) is 5.01 Å². The number of aryl methyl sites for hydroxylation is 2. The Bertz CT molecular complexity index is 507. The lowest BCUT2D eigenvalue weighted by Crippen LogP contribution is -2.04. The Labute approximate surface area is 115 Å². The second-order valence-corrected chi connectivity index (χ2v) is 6.85. The number of hydrogen-bond donors (Lipinski definition) is 1. The minimum atomic E-state index is 0.808. The summed E-state index contributed by atoms with van der Waals surface area (Å²) in [5.74, 6) is 0. The van der Waals surface area contributed by atoms with Crippen LogP contribution in [0.5, 0.6) is 0 Å². The van der Waals surface area contributed by atoms with E-state index in [1.165, 1.54) is 37.0 Å². The van der Waals surface area contributed by atoms with Gasteiger partial charge >= 0.3 is 0 Å². The highest BCUT2D eigenvalue weighted by Crippen LogP contribution is 2.36. The fourth-order valence-corrected chi connectivity index (χ4v) is 4.49. The van der Waals surface area contributed by atoms with Crippen LogP contribution < -0.4 is 5.32 Å². The Balaban J connectivity index is 1.87. The van der Waals surface area contributed by atoms with Crippen molar-refractivity contribution >= 4 is 22.7 Å². The second-order valence-electron chi connectivity index (χ2n) is 4.65. The summed E-state index contributed by atoms with van der Waals surface area (Å²) in [6, 6.07) is 2.34. The number of rotatable bonds is 3. The summed E-state index contributed by atoms with van der Waals surface area (Å²) in [4.78, 5) is 2.88. The van der Waals surface area contributed by atoms with Crippen molar-refractivity contribution in [2.75, 3.05) is 7.05 Å². The van der Waals surface area contributed by atoms with E-state index in [1.54, 1.807) is 21.8 Å². The van der Waals surface area contributed by atoms with Gasteiger partial charge in [0.25, 0.3) is 0 Å². The van der Waals surface area contributed by atoms with E-state index >= 15 is 0 Å². The van der Waals surface area contributed by atoms with Crippen LogP contribution in [-0.2, 0) is 19.4 Å². The average molecular weight is 279 g/mol. The van der Waals surface area contributed by atoms with Crippen molar-refractivity contribution in [1.29, 1.82) is 0 Å². The fourth-order valence-electron chi connectivity index (χ4n) is 2.35. The fraction of sp³-hybridized carbons (Fsp3) is 0.538. The minimum absolute atomic E-state index is 0.808. The molecule has 2 aromatic heterocycles. The zero-order valence-corrected chi connectivity index (χ0v) is 12.2. The predicted octanol–water partition coefficient (Wildman–Crippen LogP) is 3.25. The molecular formula is C13H17N3S2. The first kappa shape index (κ1) is 12.3. The van der Waals surface area contributed by atoms with Crippen molar-refractivity contribution in [2.24, 2.45) is 0 Å². The molecule has 0 amide bonds. The molecule has 0 aromatic carbocycles. The van der Waals surface area contributed by atoms with Gasteiger partial charge in [-0.15, -0.1) is 21.5 Å². The molecule has 0 radical (unpaired) electrons. The number of nitrogens with one attached hydrogen (secondary N) is 1. The number of nitrogens with zero attached hydrogens (tertiary/aromatic N) is 2. The highest BCUT2D eigenvalue weighted by Gasteiger charge is 2.15. The molecular weight excluding hydrogens is 262 g/mol.